The van der Waals surface area contributed by atoms with Crippen LogP contribution in [-0.4, -0.2) is 26.3 Å². The van der Waals surface area contributed by atoms with Crippen molar-refractivity contribution in [2.24, 2.45) is 5.10 Å². The molecule has 0 aliphatic carbocycles. The lowest BCUT2D eigenvalue weighted by molar-refractivity contribution is -0.00000409. The van der Waals surface area contributed by atoms with Gasteiger partial charge in [-0.25, -0.2) is 0 Å². The van der Waals surface area contributed by atoms with Gasteiger partial charge in [0.25, 0.3) is 0 Å². The second kappa shape index (κ2) is 7.56. The van der Waals surface area contributed by atoms with Crippen LogP contribution in [0.25, 0.3) is 0 Å². The number of aryl methyl sites for hydroxylation is 1. The zero-order chi connectivity index (χ0) is 13.9. The van der Waals surface area contributed by atoms with Crippen molar-refractivity contribution in [1.82, 2.24) is 14.9 Å². The largest absolute Gasteiger partial charge is 1.00 e. The minimum atomic E-state index is 0. The van der Waals surface area contributed by atoms with Gasteiger partial charge < -0.3 is 17.0 Å². The Morgan fingerprint density at radius 1 is 1.24 bits per heavy atom. The van der Waals surface area contributed by atoms with Crippen LogP contribution in [0.5, 0.6) is 0 Å². The lowest BCUT2D eigenvalue weighted by Crippen LogP contribution is -3.00. The molecule has 7 heteroatoms. The predicted octanol–water partition coefficient (Wildman–Crippen LogP) is 0.745. The molecule has 0 saturated heterocycles. The monoisotopic (exact) mass is 429 g/mol. The molecule has 0 radical (unpaired) electrons. The van der Waals surface area contributed by atoms with Crippen LogP contribution in [0.2, 0.25) is 0 Å². The van der Waals surface area contributed by atoms with Gasteiger partial charge in [0.15, 0.2) is 5.82 Å². The molecule has 2 aromatic rings. The van der Waals surface area contributed by atoms with Crippen LogP contribution in [0.4, 0.5) is 0 Å². The van der Waals surface area contributed by atoms with Crippen LogP contribution in [0.1, 0.15) is 31.2 Å². The number of rotatable bonds is 4. The Balaban J connectivity index is 0.00000161. The van der Waals surface area contributed by atoms with E-state index in [9.17, 15) is 0 Å². The third-order valence-corrected chi connectivity index (χ3v) is 4.63. The molecule has 0 fully saturated rings. The Labute approximate surface area is 147 Å². The van der Waals surface area contributed by atoms with E-state index >= 15 is 0 Å². The maximum absolute atomic E-state index is 4.73. The molecule has 3 rings (SSSR count). The summed E-state index contributed by atoms with van der Waals surface area (Å²) in [6.45, 7) is 2.18. The number of hydrogen-bond acceptors (Lipinski definition) is 4. The van der Waals surface area contributed by atoms with Crippen LogP contribution < -0.4 is 17.0 Å². The second-order valence-corrected chi connectivity index (χ2v) is 6.51. The van der Waals surface area contributed by atoms with Gasteiger partial charge in [-0.05, 0) is 24.1 Å². The Bertz CT molecular complexity index is 637. The second-order valence-electron chi connectivity index (χ2n) is 4.66. The molecule has 1 aromatic carbocycles. The third-order valence-electron chi connectivity index (χ3n) is 3.17. The summed E-state index contributed by atoms with van der Waals surface area (Å²) in [6.07, 6.45) is 3.20. The first-order chi connectivity index (χ1) is 9.78. The van der Waals surface area contributed by atoms with E-state index in [1.54, 1.807) is 11.8 Å². The molecule has 0 spiro atoms. The summed E-state index contributed by atoms with van der Waals surface area (Å²) in [5, 5.41) is 14.1. The van der Waals surface area contributed by atoms with Gasteiger partial charge in [0.1, 0.15) is 0 Å². The van der Waals surface area contributed by atoms with E-state index in [1.807, 2.05) is 16.8 Å². The summed E-state index contributed by atoms with van der Waals surface area (Å²) in [5.41, 5.74) is 2.23. The van der Waals surface area contributed by atoms with Crippen molar-refractivity contribution in [2.75, 3.05) is 5.75 Å². The maximum Gasteiger partial charge on any atom is 0.212 e. The Morgan fingerprint density at radius 3 is 2.71 bits per heavy atom. The number of aromatic nitrogens is 3. The fourth-order valence-electron chi connectivity index (χ4n) is 2.04. The number of thioether (sulfide) groups is 1. The van der Waals surface area contributed by atoms with Crippen molar-refractivity contribution in [3.63, 3.8) is 0 Å². The van der Waals surface area contributed by atoms with Crippen LogP contribution in [0.15, 0.2) is 39.0 Å². The van der Waals surface area contributed by atoms with Gasteiger partial charge in [0, 0.05) is 16.6 Å². The van der Waals surface area contributed by atoms with Gasteiger partial charge in [-0.2, -0.15) is 9.78 Å². The van der Waals surface area contributed by atoms with E-state index in [2.05, 4.69) is 45.2 Å². The lowest BCUT2D eigenvalue weighted by atomic mass is 10.1. The molecule has 1 aliphatic rings. The average Bonchev–Trinajstić information content (AvgIpc) is 2.88. The number of fused-ring (bicyclic) bond motifs is 1. The maximum atomic E-state index is 4.73. The van der Waals surface area contributed by atoms with Crippen LogP contribution >= 0.6 is 27.7 Å². The smallest absolute Gasteiger partial charge is 0.212 e. The van der Waals surface area contributed by atoms with Crippen molar-refractivity contribution < 1.29 is 17.0 Å². The molecular formula is C14H15Br2N4S-. The molecule has 21 heavy (non-hydrogen) atoms. The zero-order valence-corrected chi connectivity index (χ0v) is 15.6. The molecule has 0 saturated carbocycles. The van der Waals surface area contributed by atoms with Crippen LogP contribution in [0, 0.1) is 0 Å². The lowest BCUT2D eigenvalue weighted by Gasteiger charge is -2.13. The summed E-state index contributed by atoms with van der Waals surface area (Å²) in [6, 6.07) is 8.26. The summed E-state index contributed by atoms with van der Waals surface area (Å²) in [5.74, 6) is 1.80. The van der Waals surface area contributed by atoms with E-state index in [0.29, 0.717) is 0 Å². The summed E-state index contributed by atoms with van der Waals surface area (Å²) >= 11 is 5.16. The first-order valence-corrected chi connectivity index (χ1v) is 8.46. The van der Waals surface area contributed by atoms with Crippen molar-refractivity contribution in [1.29, 1.82) is 0 Å². The molecule has 4 nitrogen and oxygen atoms in total. The van der Waals surface area contributed by atoms with E-state index in [0.717, 1.165) is 51.7 Å². The number of hydrogen-bond donors (Lipinski definition) is 0. The summed E-state index contributed by atoms with van der Waals surface area (Å²) < 4.78 is 2.99. The van der Waals surface area contributed by atoms with Gasteiger partial charge in [-0.15, -0.1) is 10.2 Å². The molecule has 0 unspecified atom stereocenters. The minimum Gasteiger partial charge on any atom is -1.00 e. The first-order valence-electron chi connectivity index (χ1n) is 6.69. The summed E-state index contributed by atoms with van der Waals surface area (Å²) in [7, 11) is 0. The van der Waals surface area contributed by atoms with Crippen molar-refractivity contribution in [2.45, 2.75) is 31.3 Å². The number of nitrogens with zero attached hydrogens (tertiary/aromatic N) is 4. The minimum absolute atomic E-state index is 0. The van der Waals surface area contributed by atoms with Gasteiger partial charge in [-0.3, -0.25) is 0 Å². The Kier molecular flexibility index (Phi) is 6.01. The van der Waals surface area contributed by atoms with Crippen molar-refractivity contribution >= 4 is 33.4 Å². The molecule has 1 aromatic heterocycles. The molecule has 0 bridgehead atoms. The van der Waals surface area contributed by atoms with E-state index < -0.39 is 0 Å². The standard InChI is InChI=1S/C14H15BrN4S.BrH/c1-2-3-4-13-16-17-14-19(13)18-12(9-20-14)10-5-7-11(15)8-6-10;/h5-8H,2-4,9H2,1H3;1H/p-1. The molecule has 1 aliphatic heterocycles. The van der Waals surface area contributed by atoms with E-state index in [-0.39, 0.29) is 17.0 Å². The number of unbranched alkanes of at least 4 members (excludes halogenated alkanes) is 1. The van der Waals surface area contributed by atoms with Gasteiger partial charge in [-0.1, -0.05) is 53.2 Å². The highest BCUT2D eigenvalue weighted by atomic mass is 79.9. The molecule has 2 heterocycles. The average molecular weight is 431 g/mol. The zero-order valence-electron chi connectivity index (χ0n) is 11.6. The topological polar surface area (TPSA) is 43.1 Å². The van der Waals surface area contributed by atoms with Crippen LogP contribution in [-0.2, 0) is 6.42 Å². The van der Waals surface area contributed by atoms with Crippen molar-refractivity contribution in [3.05, 3.63) is 40.1 Å². The van der Waals surface area contributed by atoms with Gasteiger partial charge in [0.2, 0.25) is 5.16 Å². The highest BCUT2D eigenvalue weighted by Crippen LogP contribution is 2.25. The highest BCUT2D eigenvalue weighted by molar-refractivity contribution is 9.10. The molecular weight excluding hydrogens is 416 g/mol. The molecule has 0 amide bonds. The first kappa shape index (κ1) is 16.7. The highest BCUT2D eigenvalue weighted by Gasteiger charge is 2.19. The quantitative estimate of drug-likeness (QED) is 0.718. The van der Waals surface area contributed by atoms with Gasteiger partial charge >= 0.3 is 0 Å². The number of benzene rings is 1. The van der Waals surface area contributed by atoms with Crippen LogP contribution in [0.3, 0.4) is 0 Å². The fourth-order valence-corrected chi connectivity index (χ4v) is 3.16. The van der Waals surface area contributed by atoms with E-state index in [1.165, 1.54) is 0 Å². The molecule has 0 N–H and O–H groups in total. The van der Waals surface area contributed by atoms with Gasteiger partial charge in [0.05, 0.1) is 5.71 Å². The summed E-state index contributed by atoms with van der Waals surface area (Å²) in [4.78, 5) is 0. The fraction of sp³-hybridized carbons (Fsp3) is 0.357. The predicted molar refractivity (Wildman–Crippen MR) is 85.4 cm³/mol. The Hall–Kier alpha value is -0.660. The third kappa shape index (κ3) is 3.76. The Morgan fingerprint density at radius 2 is 2.00 bits per heavy atom. The van der Waals surface area contributed by atoms with E-state index in [4.69, 9.17) is 5.10 Å². The SMILES string of the molecule is CCCCc1nnc2n1N=C(c1ccc(Br)cc1)CS2.[Br-]. The van der Waals surface area contributed by atoms with Crippen molar-refractivity contribution in [3.8, 4) is 0 Å². The molecule has 0 atom stereocenters. The normalized spacial score (nSPS) is 13.3. The number of halogens is 2. The molecule has 112 valence electrons.